The van der Waals surface area contributed by atoms with Crippen molar-refractivity contribution in [1.29, 1.82) is 5.26 Å². The fourth-order valence-corrected chi connectivity index (χ4v) is 4.31. The summed E-state index contributed by atoms with van der Waals surface area (Å²) in [5, 5.41) is 22.1. The van der Waals surface area contributed by atoms with Crippen molar-refractivity contribution in [1.82, 2.24) is 10.2 Å². The Morgan fingerprint density at radius 3 is 2.62 bits per heavy atom. The number of carbonyl (C=O) groups is 1. The average molecular weight is 531 g/mol. The Labute approximate surface area is 228 Å². The van der Waals surface area contributed by atoms with Gasteiger partial charge >= 0.3 is 0 Å². The van der Waals surface area contributed by atoms with Crippen LogP contribution in [0.5, 0.6) is 17.2 Å². The number of amidine groups is 1. The van der Waals surface area contributed by atoms with E-state index in [1.165, 1.54) is 25.2 Å². The number of nitrogens with zero attached hydrogens (tertiary/aromatic N) is 5. The van der Waals surface area contributed by atoms with Crippen molar-refractivity contribution in [3.05, 3.63) is 53.1 Å². The van der Waals surface area contributed by atoms with Gasteiger partial charge in [0.2, 0.25) is 0 Å². The number of phenols is 1. The van der Waals surface area contributed by atoms with E-state index in [9.17, 15) is 15.2 Å². The Morgan fingerprint density at radius 1 is 1.15 bits per heavy atom. The number of benzene rings is 2. The average Bonchev–Trinajstić information content (AvgIpc) is 3.80. The Bertz CT molecular complexity index is 1270. The zero-order valence-corrected chi connectivity index (χ0v) is 22.2. The quantitative estimate of drug-likeness (QED) is 0.337. The van der Waals surface area contributed by atoms with Gasteiger partial charge in [0, 0.05) is 36.8 Å². The van der Waals surface area contributed by atoms with Gasteiger partial charge in [-0.2, -0.15) is 5.26 Å². The number of ether oxygens (including phenoxy) is 2. The lowest BCUT2D eigenvalue weighted by Gasteiger charge is -2.30. The number of hydrogen-bond acceptors (Lipinski definition) is 7. The minimum absolute atomic E-state index is 0.0886. The summed E-state index contributed by atoms with van der Waals surface area (Å²) >= 11 is 0. The molecule has 10 nitrogen and oxygen atoms in total. The highest BCUT2D eigenvalue weighted by atomic mass is 16.5. The molecule has 4 rings (SSSR count). The van der Waals surface area contributed by atoms with E-state index in [1.807, 2.05) is 12.1 Å². The fourth-order valence-electron chi connectivity index (χ4n) is 4.31. The third-order valence-corrected chi connectivity index (χ3v) is 6.88. The van der Waals surface area contributed by atoms with Crippen LogP contribution in [-0.2, 0) is 0 Å². The number of piperidine rings is 1. The maximum Gasteiger partial charge on any atom is 0.251 e. The standard InChI is InChI=1S/C29H34N6O4/c1-31-18-33-28(22-5-6-27(36)24(11-22)15-30)34-19-35-9-7-20(8-10-35)16-32-29(37)23-12-25(38-2)14-26(13-23)39-17-21-3-4-21/h5-6,11-14,18,20-21,36H,1,3-4,7-10,16-17,19H2,2H3,(H,32,37)/b33-18-,34-28-. The van der Waals surface area contributed by atoms with Crippen molar-refractivity contribution in [3.63, 3.8) is 0 Å². The summed E-state index contributed by atoms with van der Waals surface area (Å²) in [6.45, 7) is 6.77. The molecule has 2 aromatic rings. The van der Waals surface area contributed by atoms with E-state index in [0.717, 1.165) is 25.9 Å². The molecule has 0 bridgehead atoms. The molecule has 0 unspecified atom stereocenters. The number of nitrogens with one attached hydrogen (secondary N) is 1. The molecule has 1 aliphatic carbocycles. The molecule has 204 valence electrons. The molecule has 0 radical (unpaired) electrons. The smallest absolute Gasteiger partial charge is 0.251 e. The molecule has 2 aromatic carbocycles. The van der Waals surface area contributed by atoms with Gasteiger partial charge in [0.1, 0.15) is 29.7 Å². The number of hydrogen-bond donors (Lipinski definition) is 2. The summed E-state index contributed by atoms with van der Waals surface area (Å²) in [4.78, 5) is 27.6. The Hall–Kier alpha value is -4.23. The van der Waals surface area contributed by atoms with E-state index in [2.05, 4.69) is 31.9 Å². The highest BCUT2D eigenvalue weighted by Crippen LogP contribution is 2.31. The SMILES string of the molecule is C=N/C=N\C(=N/CN1CCC(CNC(=O)c2cc(OC)cc(OCC3CC3)c2)CC1)c1ccc(O)c(C#N)c1. The first-order valence-electron chi connectivity index (χ1n) is 13.1. The first kappa shape index (κ1) is 27.8. The summed E-state index contributed by atoms with van der Waals surface area (Å²) in [6.07, 6.45) is 5.55. The Balaban J connectivity index is 1.28. The molecule has 2 N–H and O–H groups in total. The highest BCUT2D eigenvalue weighted by molar-refractivity contribution is 6.03. The van der Waals surface area contributed by atoms with Crippen LogP contribution >= 0.6 is 0 Å². The van der Waals surface area contributed by atoms with Gasteiger partial charge in [0.25, 0.3) is 5.91 Å². The van der Waals surface area contributed by atoms with Crippen molar-refractivity contribution in [3.8, 4) is 23.3 Å². The van der Waals surface area contributed by atoms with Crippen molar-refractivity contribution < 1.29 is 19.4 Å². The summed E-state index contributed by atoms with van der Waals surface area (Å²) in [7, 11) is 1.58. The van der Waals surface area contributed by atoms with Gasteiger partial charge < -0.3 is 19.9 Å². The van der Waals surface area contributed by atoms with Gasteiger partial charge in [-0.25, -0.2) is 4.99 Å². The lowest BCUT2D eigenvalue weighted by Crippen LogP contribution is -2.38. The lowest BCUT2D eigenvalue weighted by molar-refractivity contribution is 0.0935. The predicted molar refractivity (Wildman–Crippen MR) is 150 cm³/mol. The third kappa shape index (κ3) is 8.12. The maximum absolute atomic E-state index is 12.9. The van der Waals surface area contributed by atoms with Crippen LogP contribution in [0.1, 0.15) is 47.2 Å². The van der Waals surface area contributed by atoms with Crippen LogP contribution in [0.25, 0.3) is 0 Å². The maximum atomic E-state index is 12.9. The lowest BCUT2D eigenvalue weighted by atomic mass is 9.97. The summed E-state index contributed by atoms with van der Waals surface area (Å²) in [5.41, 5.74) is 1.30. The molecule has 39 heavy (non-hydrogen) atoms. The molecule has 2 fully saturated rings. The van der Waals surface area contributed by atoms with Crippen molar-refractivity contribution in [2.45, 2.75) is 25.7 Å². The summed E-state index contributed by atoms with van der Waals surface area (Å²) in [5.74, 6) is 2.43. The van der Waals surface area contributed by atoms with E-state index in [1.54, 1.807) is 31.4 Å². The number of nitriles is 1. The number of amides is 1. The van der Waals surface area contributed by atoms with Crippen LogP contribution in [0.3, 0.4) is 0 Å². The Kier molecular flexibility index (Phi) is 9.64. The Morgan fingerprint density at radius 2 is 1.92 bits per heavy atom. The minimum atomic E-state index is -0.138. The predicted octanol–water partition coefficient (Wildman–Crippen LogP) is 3.64. The largest absolute Gasteiger partial charge is 0.507 e. The topological polar surface area (TPSA) is 132 Å². The number of carbonyl (C=O) groups excluding carboxylic acids is 1. The third-order valence-electron chi connectivity index (χ3n) is 6.88. The minimum Gasteiger partial charge on any atom is -0.507 e. The van der Waals surface area contributed by atoms with Crippen LogP contribution in [0.4, 0.5) is 0 Å². The number of aromatic hydroxyl groups is 1. The van der Waals surface area contributed by atoms with Gasteiger partial charge in [0.05, 0.1) is 25.9 Å². The normalized spacial score (nSPS) is 16.6. The molecule has 1 saturated carbocycles. The number of rotatable bonds is 11. The van der Waals surface area contributed by atoms with E-state index in [0.29, 0.717) is 60.1 Å². The van der Waals surface area contributed by atoms with Crippen molar-refractivity contribution >= 4 is 24.8 Å². The monoisotopic (exact) mass is 530 g/mol. The molecule has 0 spiro atoms. The second-order valence-corrected chi connectivity index (χ2v) is 9.82. The molecular formula is C29H34N6O4. The molecule has 1 amide bonds. The molecule has 10 heteroatoms. The van der Waals surface area contributed by atoms with Crippen LogP contribution in [0.15, 0.2) is 51.4 Å². The van der Waals surface area contributed by atoms with Gasteiger partial charge in [-0.1, -0.05) is 0 Å². The van der Waals surface area contributed by atoms with Crippen LogP contribution in [0.2, 0.25) is 0 Å². The van der Waals surface area contributed by atoms with Crippen LogP contribution in [0, 0.1) is 23.2 Å². The molecular weight excluding hydrogens is 496 g/mol. The van der Waals surface area contributed by atoms with E-state index in [-0.39, 0.29) is 17.2 Å². The number of likely N-dealkylation sites (tertiary alicyclic amines) is 1. The first-order valence-corrected chi connectivity index (χ1v) is 13.1. The van der Waals surface area contributed by atoms with Crippen molar-refractivity contribution in [2.24, 2.45) is 26.8 Å². The van der Waals surface area contributed by atoms with Gasteiger partial charge in [-0.05, 0) is 74.6 Å². The van der Waals surface area contributed by atoms with Gasteiger partial charge in [-0.3, -0.25) is 19.7 Å². The second-order valence-electron chi connectivity index (χ2n) is 9.82. The van der Waals surface area contributed by atoms with E-state index >= 15 is 0 Å². The molecule has 0 aromatic heterocycles. The van der Waals surface area contributed by atoms with Crippen LogP contribution in [-0.4, -0.2) is 74.8 Å². The highest BCUT2D eigenvalue weighted by Gasteiger charge is 2.23. The van der Waals surface area contributed by atoms with Crippen molar-refractivity contribution in [2.75, 3.05) is 40.0 Å². The van der Waals surface area contributed by atoms with Gasteiger partial charge in [0.15, 0.2) is 5.84 Å². The molecule has 1 saturated heterocycles. The second kappa shape index (κ2) is 13.5. The summed E-state index contributed by atoms with van der Waals surface area (Å²) in [6, 6.07) is 11.9. The fraction of sp³-hybridized carbons (Fsp3) is 0.414. The van der Waals surface area contributed by atoms with Gasteiger partial charge in [-0.15, -0.1) is 0 Å². The molecule has 1 aliphatic heterocycles. The van der Waals surface area contributed by atoms with E-state index in [4.69, 9.17) is 9.47 Å². The molecule has 0 atom stereocenters. The van der Waals surface area contributed by atoms with Crippen LogP contribution < -0.4 is 14.8 Å². The summed E-state index contributed by atoms with van der Waals surface area (Å²) < 4.78 is 11.2. The zero-order valence-electron chi connectivity index (χ0n) is 22.2. The number of aliphatic imine (C=N–C) groups is 3. The van der Waals surface area contributed by atoms with E-state index < -0.39 is 0 Å². The first-order chi connectivity index (χ1) is 19.0. The zero-order chi connectivity index (χ0) is 27.6. The molecule has 1 heterocycles. The number of methoxy groups -OCH3 is 1. The molecule has 2 aliphatic rings. The number of phenolic OH excluding ortho intramolecular Hbond substituents is 1.